The van der Waals surface area contributed by atoms with E-state index in [1.807, 2.05) is 82.0 Å². The molecule has 0 bridgehead atoms. The molecule has 34 heavy (non-hydrogen) atoms. The monoisotopic (exact) mass is 509 g/mol. The third-order valence-electron chi connectivity index (χ3n) is 5.85. The summed E-state index contributed by atoms with van der Waals surface area (Å²) in [5.74, 6) is -0.300. The Morgan fingerprint density at radius 2 is 1.76 bits per heavy atom. The van der Waals surface area contributed by atoms with Crippen molar-refractivity contribution in [2.75, 3.05) is 11.5 Å². The van der Waals surface area contributed by atoms with Crippen LogP contribution in [0.3, 0.4) is 0 Å². The van der Waals surface area contributed by atoms with Crippen LogP contribution in [0.2, 0.25) is 0 Å². The number of hydrogen-bond acceptors (Lipinski definition) is 6. The molecule has 0 fully saturated rings. The van der Waals surface area contributed by atoms with E-state index in [-0.39, 0.29) is 11.9 Å². The number of nitrogens with zero attached hydrogens (tertiary/aromatic N) is 1. The Hall–Kier alpha value is -2.35. The molecule has 4 nitrogen and oxygen atoms in total. The fraction of sp³-hybridized carbons (Fsp3) is 0.296. The standard InChI is InChI=1S/C27H27NO3S3/c1-6-20(29)28-19-14-13-16(3)15-18(19)21(24(32)27(28,4)5)26-33-22(17-11-9-8-10-12-17)23(34-26)25(30)31-7-2/h8-15H,6-7H2,1-5H3/b26-21+. The highest BCUT2D eigenvalue weighted by molar-refractivity contribution is 8.32. The highest BCUT2D eigenvalue weighted by atomic mass is 32.2. The van der Waals surface area contributed by atoms with Gasteiger partial charge in [-0.05, 0) is 45.4 Å². The maximum atomic E-state index is 13.0. The third-order valence-corrected chi connectivity index (χ3v) is 9.18. The molecule has 2 heterocycles. The van der Waals surface area contributed by atoms with E-state index in [4.69, 9.17) is 17.0 Å². The van der Waals surface area contributed by atoms with Gasteiger partial charge in [-0.25, -0.2) is 4.79 Å². The van der Waals surface area contributed by atoms with Crippen LogP contribution in [0.15, 0.2) is 57.7 Å². The van der Waals surface area contributed by atoms with Crippen molar-refractivity contribution in [3.63, 3.8) is 0 Å². The van der Waals surface area contributed by atoms with E-state index >= 15 is 0 Å². The molecule has 0 unspecified atom stereocenters. The number of fused-ring (bicyclic) bond motifs is 1. The minimum atomic E-state index is -0.687. The van der Waals surface area contributed by atoms with E-state index in [9.17, 15) is 9.59 Å². The summed E-state index contributed by atoms with van der Waals surface area (Å²) in [5.41, 5.74) is 4.06. The summed E-state index contributed by atoms with van der Waals surface area (Å²) in [6.07, 6.45) is 0.390. The quantitative estimate of drug-likeness (QED) is 0.252. The number of rotatable bonds is 4. The Labute approximate surface area is 214 Å². The predicted octanol–water partition coefficient (Wildman–Crippen LogP) is 6.98. The average Bonchev–Trinajstić information content (AvgIpc) is 3.25. The second-order valence-electron chi connectivity index (χ2n) is 8.60. The number of thiocarbonyl (C=S) groups is 1. The van der Waals surface area contributed by atoms with Crippen molar-refractivity contribution in [2.24, 2.45) is 0 Å². The summed E-state index contributed by atoms with van der Waals surface area (Å²) < 4.78 is 6.33. The van der Waals surface area contributed by atoms with E-state index in [1.165, 1.54) is 11.8 Å². The van der Waals surface area contributed by atoms with Gasteiger partial charge < -0.3 is 9.64 Å². The van der Waals surface area contributed by atoms with Gasteiger partial charge in [0.05, 0.1) is 26.9 Å². The molecule has 0 N–H and O–H groups in total. The molecule has 0 saturated heterocycles. The molecule has 4 rings (SSSR count). The van der Waals surface area contributed by atoms with Crippen molar-refractivity contribution in [1.29, 1.82) is 0 Å². The first-order valence-electron chi connectivity index (χ1n) is 11.3. The topological polar surface area (TPSA) is 46.6 Å². The highest BCUT2D eigenvalue weighted by Crippen LogP contribution is 2.58. The van der Waals surface area contributed by atoms with E-state index in [0.717, 1.165) is 37.1 Å². The van der Waals surface area contributed by atoms with Crippen LogP contribution in [0, 0.1) is 6.92 Å². The van der Waals surface area contributed by atoms with Crippen molar-refractivity contribution in [2.45, 2.75) is 46.6 Å². The summed E-state index contributed by atoms with van der Waals surface area (Å²) in [6.45, 7) is 10.0. The van der Waals surface area contributed by atoms with Gasteiger partial charge in [-0.15, -0.1) is 0 Å². The van der Waals surface area contributed by atoms with Gasteiger partial charge in [0.2, 0.25) is 5.91 Å². The van der Waals surface area contributed by atoms with Crippen LogP contribution in [-0.4, -0.2) is 28.9 Å². The number of thioether (sulfide) groups is 2. The van der Waals surface area contributed by atoms with Gasteiger partial charge in [0.25, 0.3) is 0 Å². The van der Waals surface area contributed by atoms with Crippen LogP contribution in [0.5, 0.6) is 0 Å². The fourth-order valence-electron chi connectivity index (χ4n) is 4.19. The molecule has 1 amide bonds. The number of ether oxygens (including phenoxy) is 1. The second kappa shape index (κ2) is 9.72. The van der Waals surface area contributed by atoms with E-state index in [0.29, 0.717) is 22.8 Å². The zero-order chi connectivity index (χ0) is 24.6. The van der Waals surface area contributed by atoms with Gasteiger partial charge in [0, 0.05) is 22.5 Å². The summed E-state index contributed by atoms with van der Waals surface area (Å²) in [6, 6.07) is 16.0. The second-order valence-corrected chi connectivity index (χ2v) is 11.3. The number of esters is 1. The lowest BCUT2D eigenvalue weighted by Crippen LogP contribution is -2.55. The largest absolute Gasteiger partial charge is 0.462 e. The number of carbonyl (C=O) groups excluding carboxylic acids is 2. The number of aryl methyl sites for hydroxylation is 1. The minimum Gasteiger partial charge on any atom is -0.462 e. The van der Waals surface area contributed by atoms with Crippen LogP contribution >= 0.6 is 35.7 Å². The summed E-state index contributed by atoms with van der Waals surface area (Å²) >= 11 is 9.03. The van der Waals surface area contributed by atoms with E-state index in [2.05, 4.69) is 6.07 Å². The first-order chi connectivity index (χ1) is 16.2. The van der Waals surface area contributed by atoms with Gasteiger partial charge in [-0.2, -0.15) is 0 Å². The van der Waals surface area contributed by atoms with Crippen LogP contribution in [-0.2, 0) is 14.3 Å². The highest BCUT2D eigenvalue weighted by Gasteiger charge is 2.45. The molecule has 0 atom stereocenters. The smallest absolute Gasteiger partial charge is 0.346 e. The number of amides is 1. The van der Waals surface area contributed by atoms with Gasteiger partial charge in [-0.1, -0.05) is 84.6 Å². The molecule has 2 aliphatic heterocycles. The van der Waals surface area contributed by atoms with Gasteiger partial charge >= 0.3 is 5.97 Å². The van der Waals surface area contributed by atoms with Crippen molar-refractivity contribution in [3.8, 4) is 0 Å². The zero-order valence-electron chi connectivity index (χ0n) is 19.9. The van der Waals surface area contributed by atoms with Crippen LogP contribution in [0.4, 0.5) is 5.69 Å². The first kappa shape index (κ1) is 24.8. The molecular formula is C27H27NO3S3. The molecule has 0 aromatic heterocycles. The molecule has 0 radical (unpaired) electrons. The molecule has 7 heteroatoms. The van der Waals surface area contributed by atoms with Crippen LogP contribution < -0.4 is 4.90 Å². The summed E-state index contributed by atoms with van der Waals surface area (Å²) in [4.78, 5) is 29.9. The maximum Gasteiger partial charge on any atom is 0.346 e. The molecule has 2 aromatic rings. The van der Waals surface area contributed by atoms with Crippen LogP contribution in [0.25, 0.3) is 10.5 Å². The molecule has 0 spiro atoms. The molecule has 2 aromatic carbocycles. The minimum absolute atomic E-state index is 0.0311. The maximum absolute atomic E-state index is 13.0. The van der Waals surface area contributed by atoms with Crippen molar-refractivity contribution >= 4 is 68.6 Å². The Morgan fingerprint density at radius 3 is 2.41 bits per heavy atom. The van der Waals surface area contributed by atoms with Crippen molar-refractivity contribution in [1.82, 2.24) is 0 Å². The molecule has 0 aliphatic carbocycles. The van der Waals surface area contributed by atoms with Crippen molar-refractivity contribution in [3.05, 3.63) is 74.4 Å². The first-order valence-corrected chi connectivity index (χ1v) is 13.3. The Bertz CT molecular complexity index is 1250. The van der Waals surface area contributed by atoms with Crippen molar-refractivity contribution < 1.29 is 14.3 Å². The lowest BCUT2D eigenvalue weighted by molar-refractivity contribution is -0.137. The molecule has 0 saturated carbocycles. The van der Waals surface area contributed by atoms with E-state index in [1.54, 1.807) is 11.8 Å². The Morgan fingerprint density at radius 1 is 1.06 bits per heavy atom. The SMILES string of the molecule is CCOC(=O)C1=C(c2ccccc2)S/C(=C2\C(=S)C(C)(C)N(C(=O)CC)c3ccc(C)cc32)S1. The third kappa shape index (κ3) is 4.25. The number of carbonyl (C=O) groups is 2. The molecule has 2 aliphatic rings. The summed E-state index contributed by atoms with van der Waals surface area (Å²) in [5, 5.41) is 0. The lowest BCUT2D eigenvalue weighted by atomic mass is 9.82. The Kier molecular flexibility index (Phi) is 7.08. The number of hydrogen-bond donors (Lipinski definition) is 0. The predicted molar refractivity (Wildman–Crippen MR) is 148 cm³/mol. The Balaban J connectivity index is 1.92. The summed E-state index contributed by atoms with van der Waals surface area (Å²) in [7, 11) is 0. The molecule has 176 valence electrons. The van der Waals surface area contributed by atoms with E-state index < -0.39 is 5.54 Å². The van der Waals surface area contributed by atoms with Gasteiger partial charge in [0.1, 0.15) is 4.91 Å². The van der Waals surface area contributed by atoms with Crippen LogP contribution in [0.1, 0.15) is 50.8 Å². The number of anilines is 1. The lowest BCUT2D eigenvalue weighted by Gasteiger charge is -2.45. The normalized spacial score (nSPS) is 19.3. The number of benzene rings is 2. The zero-order valence-corrected chi connectivity index (χ0v) is 22.4. The molecular weight excluding hydrogens is 483 g/mol. The van der Waals surface area contributed by atoms with Gasteiger partial charge in [-0.3, -0.25) is 4.79 Å². The fourth-order valence-corrected chi connectivity index (χ4v) is 7.33. The van der Waals surface area contributed by atoms with Gasteiger partial charge in [0.15, 0.2) is 0 Å². The average molecular weight is 510 g/mol.